The fraction of sp³-hybridized carbons (Fsp3) is 0.800. The van der Waals surface area contributed by atoms with E-state index in [9.17, 15) is 19.2 Å². The van der Waals surface area contributed by atoms with E-state index in [0.717, 1.165) is 25.5 Å². The van der Waals surface area contributed by atoms with Gasteiger partial charge in [0.15, 0.2) is 0 Å². The summed E-state index contributed by atoms with van der Waals surface area (Å²) in [7, 11) is 0. The molecule has 0 fully saturated rings. The topological polar surface area (TPSA) is 139 Å². The highest BCUT2D eigenvalue weighted by Crippen LogP contribution is 2.12. The molecule has 0 saturated carbocycles. The predicted molar refractivity (Wildman–Crippen MR) is 108 cm³/mol. The standard InChI is InChI=1S/C20H37N3O5/c1-5-14(4)18(23-19(27)16(21)10-11-17(25)26)20(28)22-15(12-24)9-7-6-8-13(2)3/h12-16,18H,5-11,21H2,1-4H3,(H,22,28)(H,23,27)(H,25,26). The van der Waals surface area contributed by atoms with Crippen molar-refractivity contribution < 1.29 is 24.3 Å². The summed E-state index contributed by atoms with van der Waals surface area (Å²) in [6.45, 7) is 8.00. The Hall–Kier alpha value is -1.96. The molecular formula is C20H37N3O5. The van der Waals surface area contributed by atoms with Crippen molar-refractivity contribution in [2.24, 2.45) is 17.6 Å². The van der Waals surface area contributed by atoms with Gasteiger partial charge in [0.05, 0.1) is 12.1 Å². The molecule has 0 aliphatic carbocycles. The molecule has 0 aromatic carbocycles. The summed E-state index contributed by atoms with van der Waals surface area (Å²) in [6, 6.07) is -2.43. The SMILES string of the molecule is CCC(C)C(NC(=O)C(N)CCC(=O)O)C(=O)NC(C=O)CCCCC(C)C. The Morgan fingerprint density at radius 1 is 1.00 bits per heavy atom. The molecule has 162 valence electrons. The average molecular weight is 400 g/mol. The number of aliphatic carboxylic acids is 1. The van der Waals surface area contributed by atoms with Crippen LogP contribution in [0.4, 0.5) is 0 Å². The van der Waals surface area contributed by atoms with Crippen molar-refractivity contribution in [1.29, 1.82) is 0 Å². The molecule has 0 radical (unpaired) electrons. The molecule has 0 saturated heterocycles. The van der Waals surface area contributed by atoms with Gasteiger partial charge in [-0.25, -0.2) is 0 Å². The lowest BCUT2D eigenvalue weighted by Crippen LogP contribution is -2.55. The predicted octanol–water partition coefficient (Wildman–Crippen LogP) is 1.61. The monoisotopic (exact) mass is 399 g/mol. The first-order valence-electron chi connectivity index (χ1n) is 10.2. The van der Waals surface area contributed by atoms with Gasteiger partial charge in [-0.05, 0) is 24.7 Å². The van der Waals surface area contributed by atoms with Gasteiger partial charge in [-0.2, -0.15) is 0 Å². The minimum absolute atomic E-state index is 0.0111. The van der Waals surface area contributed by atoms with Gasteiger partial charge in [0, 0.05) is 6.42 Å². The third kappa shape index (κ3) is 11.0. The van der Waals surface area contributed by atoms with E-state index in [-0.39, 0.29) is 18.8 Å². The number of carboxylic acids is 1. The number of rotatable bonds is 15. The number of carboxylic acid groups (broad SMARTS) is 1. The minimum Gasteiger partial charge on any atom is -0.481 e. The van der Waals surface area contributed by atoms with Crippen molar-refractivity contribution in [3.05, 3.63) is 0 Å². The maximum absolute atomic E-state index is 12.7. The van der Waals surface area contributed by atoms with Crippen molar-refractivity contribution in [1.82, 2.24) is 10.6 Å². The fourth-order valence-electron chi connectivity index (χ4n) is 2.74. The van der Waals surface area contributed by atoms with Gasteiger partial charge in [0.2, 0.25) is 11.8 Å². The molecule has 4 atom stereocenters. The summed E-state index contributed by atoms with van der Waals surface area (Å²) < 4.78 is 0. The first-order valence-corrected chi connectivity index (χ1v) is 10.2. The zero-order chi connectivity index (χ0) is 21.7. The van der Waals surface area contributed by atoms with E-state index < -0.39 is 35.9 Å². The quantitative estimate of drug-likeness (QED) is 0.244. The largest absolute Gasteiger partial charge is 0.481 e. The van der Waals surface area contributed by atoms with E-state index >= 15 is 0 Å². The van der Waals surface area contributed by atoms with Crippen molar-refractivity contribution >= 4 is 24.1 Å². The summed E-state index contributed by atoms with van der Waals surface area (Å²) in [5, 5.41) is 14.0. The minimum atomic E-state index is -1.04. The summed E-state index contributed by atoms with van der Waals surface area (Å²) in [6.07, 6.45) is 4.58. The van der Waals surface area contributed by atoms with Crippen molar-refractivity contribution in [2.75, 3.05) is 0 Å². The van der Waals surface area contributed by atoms with E-state index in [1.807, 2.05) is 13.8 Å². The molecule has 4 unspecified atom stereocenters. The Bertz CT molecular complexity index is 510. The van der Waals surface area contributed by atoms with E-state index in [1.165, 1.54) is 0 Å². The smallest absolute Gasteiger partial charge is 0.303 e. The van der Waals surface area contributed by atoms with E-state index in [2.05, 4.69) is 24.5 Å². The van der Waals surface area contributed by atoms with Gasteiger partial charge < -0.3 is 26.3 Å². The number of nitrogens with one attached hydrogen (secondary N) is 2. The molecule has 8 nitrogen and oxygen atoms in total. The molecule has 5 N–H and O–H groups in total. The van der Waals surface area contributed by atoms with Gasteiger partial charge in [-0.3, -0.25) is 14.4 Å². The highest BCUT2D eigenvalue weighted by Gasteiger charge is 2.29. The highest BCUT2D eigenvalue weighted by molar-refractivity contribution is 5.91. The Morgan fingerprint density at radius 3 is 2.11 bits per heavy atom. The van der Waals surface area contributed by atoms with Gasteiger partial charge in [-0.15, -0.1) is 0 Å². The van der Waals surface area contributed by atoms with Crippen LogP contribution in [0.1, 0.15) is 72.6 Å². The summed E-state index contributed by atoms with van der Waals surface area (Å²) in [5.74, 6) is -1.59. The number of amides is 2. The van der Waals surface area contributed by atoms with Crippen LogP contribution in [0.3, 0.4) is 0 Å². The van der Waals surface area contributed by atoms with Crippen LogP contribution in [0.2, 0.25) is 0 Å². The van der Waals surface area contributed by atoms with Crippen LogP contribution < -0.4 is 16.4 Å². The molecule has 28 heavy (non-hydrogen) atoms. The third-order valence-electron chi connectivity index (χ3n) is 4.84. The molecule has 0 aromatic rings. The lowest BCUT2D eigenvalue weighted by Gasteiger charge is -2.26. The molecule has 0 bridgehead atoms. The zero-order valence-electron chi connectivity index (χ0n) is 17.6. The maximum Gasteiger partial charge on any atom is 0.303 e. The normalized spacial score (nSPS) is 15.4. The Morgan fingerprint density at radius 2 is 1.61 bits per heavy atom. The van der Waals surface area contributed by atoms with Crippen LogP contribution in [-0.4, -0.2) is 47.3 Å². The zero-order valence-corrected chi connectivity index (χ0v) is 17.6. The fourth-order valence-corrected chi connectivity index (χ4v) is 2.74. The molecule has 2 amide bonds. The van der Waals surface area contributed by atoms with E-state index in [1.54, 1.807) is 0 Å². The van der Waals surface area contributed by atoms with Crippen molar-refractivity contribution in [3.8, 4) is 0 Å². The van der Waals surface area contributed by atoms with Crippen LogP contribution in [0, 0.1) is 11.8 Å². The number of carbonyl (C=O) groups excluding carboxylic acids is 3. The molecule has 0 aliphatic rings. The lowest BCUT2D eigenvalue weighted by molar-refractivity contribution is -0.137. The number of nitrogens with two attached hydrogens (primary N) is 1. The second-order valence-corrected chi connectivity index (χ2v) is 7.84. The summed E-state index contributed by atoms with van der Waals surface area (Å²) in [4.78, 5) is 46.9. The van der Waals surface area contributed by atoms with Gasteiger partial charge in [0.25, 0.3) is 0 Å². The van der Waals surface area contributed by atoms with Crippen LogP contribution in [-0.2, 0) is 19.2 Å². The number of hydrogen-bond donors (Lipinski definition) is 4. The Balaban J connectivity index is 4.80. The summed E-state index contributed by atoms with van der Waals surface area (Å²) >= 11 is 0. The average Bonchev–Trinajstić information content (AvgIpc) is 2.64. The molecule has 0 rings (SSSR count). The number of aldehydes is 1. The second-order valence-electron chi connectivity index (χ2n) is 7.84. The summed E-state index contributed by atoms with van der Waals surface area (Å²) in [5.41, 5.74) is 5.73. The van der Waals surface area contributed by atoms with Gasteiger partial charge in [0.1, 0.15) is 12.3 Å². The van der Waals surface area contributed by atoms with Crippen molar-refractivity contribution in [2.45, 2.75) is 90.8 Å². The van der Waals surface area contributed by atoms with E-state index in [0.29, 0.717) is 18.8 Å². The van der Waals surface area contributed by atoms with E-state index in [4.69, 9.17) is 10.8 Å². The third-order valence-corrected chi connectivity index (χ3v) is 4.84. The molecule has 8 heteroatoms. The molecule has 0 spiro atoms. The lowest BCUT2D eigenvalue weighted by atomic mass is 9.96. The second kappa shape index (κ2) is 14.1. The van der Waals surface area contributed by atoms with Crippen molar-refractivity contribution in [3.63, 3.8) is 0 Å². The van der Waals surface area contributed by atoms with Crippen LogP contribution in [0.25, 0.3) is 0 Å². The van der Waals surface area contributed by atoms with Crippen LogP contribution >= 0.6 is 0 Å². The number of unbranched alkanes of at least 4 members (excludes halogenated alkanes) is 1. The molecular weight excluding hydrogens is 362 g/mol. The highest BCUT2D eigenvalue weighted by atomic mass is 16.4. The Kier molecular flexibility index (Phi) is 13.1. The number of carbonyl (C=O) groups is 4. The van der Waals surface area contributed by atoms with Crippen LogP contribution in [0.15, 0.2) is 0 Å². The Labute approximate surface area is 168 Å². The first kappa shape index (κ1) is 26.0. The number of hydrogen-bond acceptors (Lipinski definition) is 5. The van der Waals surface area contributed by atoms with Crippen LogP contribution in [0.5, 0.6) is 0 Å². The van der Waals surface area contributed by atoms with Gasteiger partial charge >= 0.3 is 5.97 Å². The molecule has 0 heterocycles. The first-order chi connectivity index (χ1) is 13.1. The molecule has 0 aromatic heterocycles. The maximum atomic E-state index is 12.7. The van der Waals surface area contributed by atoms with Gasteiger partial charge in [-0.1, -0.05) is 53.4 Å². The molecule has 0 aliphatic heterocycles.